The van der Waals surface area contributed by atoms with Gasteiger partial charge in [0.15, 0.2) is 0 Å². The van der Waals surface area contributed by atoms with Gasteiger partial charge < -0.3 is 10.1 Å². The van der Waals surface area contributed by atoms with Crippen molar-refractivity contribution in [3.63, 3.8) is 0 Å². The van der Waals surface area contributed by atoms with E-state index in [-0.39, 0.29) is 11.3 Å². The summed E-state index contributed by atoms with van der Waals surface area (Å²) >= 11 is 11.9. The van der Waals surface area contributed by atoms with Crippen molar-refractivity contribution in [3.05, 3.63) is 79.7 Å². The van der Waals surface area contributed by atoms with Crippen LogP contribution in [0.2, 0.25) is 10.0 Å². The fraction of sp³-hybridized carbons (Fsp3) is 0.200. The van der Waals surface area contributed by atoms with E-state index in [1.807, 2.05) is 18.2 Å². The van der Waals surface area contributed by atoms with E-state index in [1.54, 1.807) is 24.3 Å². The molecule has 138 valence electrons. The fourth-order valence-electron chi connectivity index (χ4n) is 3.27. The van der Waals surface area contributed by atoms with E-state index in [0.29, 0.717) is 40.9 Å². The lowest BCUT2D eigenvalue weighted by Gasteiger charge is -2.27. The van der Waals surface area contributed by atoms with Crippen LogP contribution >= 0.6 is 23.2 Å². The highest BCUT2D eigenvalue weighted by Crippen LogP contribution is 2.26. The van der Waals surface area contributed by atoms with Gasteiger partial charge in [-0.15, -0.1) is 0 Å². The van der Waals surface area contributed by atoms with Crippen molar-refractivity contribution in [2.24, 2.45) is 0 Å². The Labute approximate surface area is 166 Å². The number of hydrogen-bond donors (Lipinski definition) is 2. The average molecular weight is 402 g/mol. The number of aromatic nitrogens is 2. The molecule has 0 aliphatic carbocycles. The summed E-state index contributed by atoms with van der Waals surface area (Å²) in [4.78, 5) is 22.3. The second kappa shape index (κ2) is 7.35. The number of hydrogen-bond acceptors (Lipinski definition) is 4. The van der Waals surface area contributed by atoms with E-state index >= 15 is 0 Å². The average Bonchev–Trinajstić information content (AvgIpc) is 2.66. The van der Waals surface area contributed by atoms with Crippen molar-refractivity contribution >= 4 is 23.2 Å². The van der Waals surface area contributed by atoms with Crippen LogP contribution in [0.25, 0.3) is 11.4 Å². The van der Waals surface area contributed by atoms with Gasteiger partial charge in [0.2, 0.25) is 0 Å². The Kier molecular flexibility index (Phi) is 4.91. The van der Waals surface area contributed by atoms with Gasteiger partial charge in [-0.3, -0.25) is 9.69 Å². The highest BCUT2D eigenvalue weighted by atomic mass is 35.5. The summed E-state index contributed by atoms with van der Waals surface area (Å²) in [6.45, 7) is 1.97. The molecule has 0 saturated heterocycles. The minimum atomic E-state index is -0.113. The zero-order valence-electron chi connectivity index (χ0n) is 14.4. The zero-order valence-corrected chi connectivity index (χ0v) is 15.9. The van der Waals surface area contributed by atoms with Crippen LogP contribution in [0.5, 0.6) is 5.75 Å². The Bertz CT molecular complexity index is 1050. The number of nitrogens with zero attached hydrogens (tertiary/aromatic N) is 2. The minimum absolute atomic E-state index is 0.0692. The van der Waals surface area contributed by atoms with Gasteiger partial charge in [0.25, 0.3) is 5.56 Å². The quantitative estimate of drug-likeness (QED) is 0.695. The Hall–Kier alpha value is -2.34. The SMILES string of the molecule is O=c1[nH]c(-c2ccc(Cl)cc2)nc2c1CN(Cc1ccc(O)c(Cl)c1)CC2. The van der Waals surface area contributed by atoms with Crippen molar-refractivity contribution in [2.45, 2.75) is 19.5 Å². The van der Waals surface area contributed by atoms with Crippen molar-refractivity contribution < 1.29 is 5.11 Å². The lowest BCUT2D eigenvalue weighted by Crippen LogP contribution is -2.35. The molecule has 2 aromatic carbocycles. The molecule has 2 heterocycles. The molecule has 1 aromatic heterocycles. The third kappa shape index (κ3) is 3.86. The van der Waals surface area contributed by atoms with Crippen LogP contribution < -0.4 is 5.56 Å². The third-order valence-corrected chi connectivity index (χ3v) is 5.24. The predicted molar refractivity (Wildman–Crippen MR) is 106 cm³/mol. The molecule has 7 heteroatoms. The molecule has 1 aliphatic heterocycles. The van der Waals surface area contributed by atoms with E-state index in [4.69, 9.17) is 23.2 Å². The molecule has 0 saturated carbocycles. The van der Waals surface area contributed by atoms with Crippen LogP contribution in [0.3, 0.4) is 0 Å². The van der Waals surface area contributed by atoms with E-state index in [2.05, 4.69) is 14.9 Å². The monoisotopic (exact) mass is 401 g/mol. The molecule has 2 N–H and O–H groups in total. The van der Waals surface area contributed by atoms with Gasteiger partial charge in [0.05, 0.1) is 16.3 Å². The van der Waals surface area contributed by atoms with Crippen LogP contribution in [-0.2, 0) is 19.5 Å². The Morgan fingerprint density at radius 2 is 1.93 bits per heavy atom. The molecule has 4 rings (SSSR count). The van der Waals surface area contributed by atoms with Crippen molar-refractivity contribution in [1.29, 1.82) is 0 Å². The predicted octanol–water partition coefficient (Wildman–Crippen LogP) is 4.01. The van der Waals surface area contributed by atoms with E-state index in [1.165, 1.54) is 0 Å². The smallest absolute Gasteiger partial charge is 0.255 e. The molecule has 0 spiro atoms. The summed E-state index contributed by atoms with van der Waals surface area (Å²) < 4.78 is 0. The van der Waals surface area contributed by atoms with Crippen molar-refractivity contribution in [2.75, 3.05) is 6.54 Å². The summed E-state index contributed by atoms with van der Waals surface area (Å²) in [6.07, 6.45) is 0.700. The number of aromatic hydroxyl groups is 1. The lowest BCUT2D eigenvalue weighted by molar-refractivity contribution is 0.242. The molecule has 0 radical (unpaired) electrons. The number of fused-ring (bicyclic) bond motifs is 1. The van der Waals surface area contributed by atoms with Crippen LogP contribution in [0.4, 0.5) is 0 Å². The van der Waals surface area contributed by atoms with Gasteiger partial charge in [-0.05, 0) is 42.0 Å². The van der Waals surface area contributed by atoms with Gasteiger partial charge in [-0.1, -0.05) is 29.3 Å². The standard InChI is InChI=1S/C20H17Cl2N3O2/c21-14-4-2-13(3-5-14)19-23-17-7-8-25(11-15(17)20(27)24-19)10-12-1-6-18(26)16(22)9-12/h1-6,9,26H,7-8,10-11H2,(H,23,24,27). The first-order valence-electron chi connectivity index (χ1n) is 8.57. The van der Waals surface area contributed by atoms with Crippen LogP contribution in [0, 0.1) is 0 Å². The molecule has 0 bridgehead atoms. The Balaban J connectivity index is 1.57. The maximum Gasteiger partial charge on any atom is 0.255 e. The number of nitrogens with one attached hydrogen (secondary N) is 1. The fourth-order valence-corrected chi connectivity index (χ4v) is 3.60. The number of phenols is 1. The molecule has 27 heavy (non-hydrogen) atoms. The second-order valence-electron chi connectivity index (χ2n) is 6.59. The third-order valence-electron chi connectivity index (χ3n) is 4.68. The summed E-state index contributed by atoms with van der Waals surface area (Å²) in [5, 5.41) is 10.5. The molecule has 0 fully saturated rings. The zero-order chi connectivity index (χ0) is 19.0. The first-order valence-corrected chi connectivity index (χ1v) is 9.33. The van der Waals surface area contributed by atoms with E-state index in [0.717, 1.165) is 23.4 Å². The number of rotatable bonds is 3. The maximum atomic E-state index is 12.6. The number of halogens is 2. The topological polar surface area (TPSA) is 69.2 Å². The number of H-pyrrole nitrogens is 1. The molecule has 5 nitrogen and oxygen atoms in total. The highest BCUT2D eigenvalue weighted by molar-refractivity contribution is 6.32. The van der Waals surface area contributed by atoms with Gasteiger partial charge >= 0.3 is 0 Å². The lowest BCUT2D eigenvalue weighted by atomic mass is 10.1. The molecule has 0 amide bonds. The first kappa shape index (κ1) is 18.0. The Morgan fingerprint density at radius 1 is 1.15 bits per heavy atom. The van der Waals surface area contributed by atoms with E-state index < -0.39 is 0 Å². The van der Waals surface area contributed by atoms with Crippen LogP contribution in [-0.4, -0.2) is 26.5 Å². The van der Waals surface area contributed by atoms with Gasteiger partial charge in [-0.2, -0.15) is 0 Å². The van der Waals surface area contributed by atoms with Crippen molar-refractivity contribution in [1.82, 2.24) is 14.9 Å². The molecule has 1 aliphatic rings. The second-order valence-corrected chi connectivity index (χ2v) is 7.44. The molecular weight excluding hydrogens is 385 g/mol. The summed E-state index contributed by atoms with van der Waals surface area (Å²) in [7, 11) is 0. The first-order chi connectivity index (χ1) is 13.0. The summed E-state index contributed by atoms with van der Waals surface area (Å²) in [6, 6.07) is 12.4. The largest absolute Gasteiger partial charge is 0.506 e. The van der Waals surface area contributed by atoms with Crippen LogP contribution in [0.1, 0.15) is 16.8 Å². The molecule has 0 atom stereocenters. The minimum Gasteiger partial charge on any atom is -0.506 e. The highest BCUT2D eigenvalue weighted by Gasteiger charge is 2.21. The van der Waals surface area contributed by atoms with E-state index in [9.17, 15) is 9.90 Å². The summed E-state index contributed by atoms with van der Waals surface area (Å²) in [5.74, 6) is 0.633. The molecular formula is C20H17Cl2N3O2. The maximum absolute atomic E-state index is 12.6. The Morgan fingerprint density at radius 3 is 2.67 bits per heavy atom. The number of benzene rings is 2. The van der Waals surface area contributed by atoms with Gasteiger partial charge in [0.1, 0.15) is 11.6 Å². The molecule has 3 aromatic rings. The normalized spacial score (nSPS) is 14.1. The van der Waals surface area contributed by atoms with Crippen LogP contribution in [0.15, 0.2) is 47.3 Å². The van der Waals surface area contributed by atoms with Gasteiger partial charge in [0, 0.05) is 36.6 Å². The molecule has 0 unspecified atom stereocenters. The number of phenolic OH excluding ortho intramolecular Hbond substituents is 1. The van der Waals surface area contributed by atoms with Crippen molar-refractivity contribution in [3.8, 4) is 17.1 Å². The van der Waals surface area contributed by atoms with Gasteiger partial charge in [-0.25, -0.2) is 4.98 Å². The number of aromatic amines is 1. The summed E-state index contributed by atoms with van der Waals surface area (Å²) in [5.41, 5.74) is 3.25.